The van der Waals surface area contributed by atoms with Crippen molar-refractivity contribution in [2.75, 3.05) is 13.7 Å². The second-order valence-electron chi connectivity index (χ2n) is 4.75. The lowest BCUT2D eigenvalue weighted by molar-refractivity contribution is 0.0474. The zero-order valence-corrected chi connectivity index (χ0v) is 13.5. The molecule has 0 spiro atoms. The van der Waals surface area contributed by atoms with Crippen LogP contribution in [0.2, 0.25) is 0 Å². The molecule has 24 heavy (non-hydrogen) atoms. The van der Waals surface area contributed by atoms with E-state index < -0.39 is 34.2 Å². The number of sulfonamides is 1. The van der Waals surface area contributed by atoms with Gasteiger partial charge in [0, 0.05) is 5.56 Å². The van der Waals surface area contributed by atoms with Gasteiger partial charge < -0.3 is 4.74 Å². The van der Waals surface area contributed by atoms with E-state index in [-0.39, 0.29) is 16.0 Å². The van der Waals surface area contributed by atoms with Gasteiger partial charge in [0.05, 0.1) is 10.5 Å². The number of Topliss-reactive ketones (excluding diaryl/α,β-unsaturated/α-hetero) is 1. The molecule has 0 unspecified atom stereocenters. The molecule has 0 saturated carbocycles. The summed E-state index contributed by atoms with van der Waals surface area (Å²) in [5, 5.41) is 0. The van der Waals surface area contributed by atoms with Gasteiger partial charge in [0.15, 0.2) is 12.4 Å². The molecule has 0 fully saturated rings. The van der Waals surface area contributed by atoms with E-state index in [1.807, 2.05) is 0 Å². The van der Waals surface area contributed by atoms with E-state index in [0.717, 1.165) is 12.1 Å². The predicted molar refractivity (Wildman–Crippen MR) is 83.7 cm³/mol. The van der Waals surface area contributed by atoms with Crippen molar-refractivity contribution in [3.63, 3.8) is 0 Å². The minimum atomic E-state index is -3.70. The average molecular weight is 351 g/mol. The summed E-state index contributed by atoms with van der Waals surface area (Å²) in [5.41, 5.74) is 0.0627. The van der Waals surface area contributed by atoms with Crippen LogP contribution < -0.4 is 4.72 Å². The first-order valence-electron chi connectivity index (χ1n) is 6.83. The number of esters is 1. The molecule has 0 aromatic heterocycles. The fraction of sp³-hybridized carbons (Fsp3) is 0.125. The number of carbonyl (C=O) groups excluding carboxylic acids is 2. The van der Waals surface area contributed by atoms with Gasteiger partial charge >= 0.3 is 5.97 Å². The highest BCUT2D eigenvalue weighted by Gasteiger charge is 2.16. The van der Waals surface area contributed by atoms with Gasteiger partial charge in [-0.3, -0.25) is 4.79 Å². The molecular weight excluding hydrogens is 337 g/mol. The van der Waals surface area contributed by atoms with E-state index in [2.05, 4.69) is 4.72 Å². The van der Waals surface area contributed by atoms with Crippen molar-refractivity contribution in [1.82, 2.24) is 4.72 Å². The van der Waals surface area contributed by atoms with Crippen LogP contribution in [-0.2, 0) is 14.8 Å². The van der Waals surface area contributed by atoms with E-state index >= 15 is 0 Å². The smallest absolute Gasteiger partial charge is 0.338 e. The zero-order chi connectivity index (χ0) is 17.7. The maximum Gasteiger partial charge on any atom is 0.338 e. The summed E-state index contributed by atoms with van der Waals surface area (Å²) in [4.78, 5) is 23.7. The van der Waals surface area contributed by atoms with Crippen molar-refractivity contribution in [1.29, 1.82) is 0 Å². The SMILES string of the molecule is CNS(=O)(=O)c1cccc(C(=O)OCC(=O)c2cccc(F)c2)c1. The van der Waals surface area contributed by atoms with E-state index in [1.165, 1.54) is 43.4 Å². The quantitative estimate of drug-likeness (QED) is 0.633. The number of nitrogens with one attached hydrogen (secondary N) is 1. The lowest BCUT2D eigenvalue weighted by Gasteiger charge is -2.07. The molecule has 2 rings (SSSR count). The third-order valence-corrected chi connectivity index (χ3v) is 4.54. The topological polar surface area (TPSA) is 89.5 Å². The van der Waals surface area contributed by atoms with Gasteiger partial charge in [-0.1, -0.05) is 18.2 Å². The molecule has 126 valence electrons. The van der Waals surface area contributed by atoms with Crippen molar-refractivity contribution < 1.29 is 27.1 Å². The third-order valence-electron chi connectivity index (χ3n) is 3.13. The molecule has 2 aromatic rings. The first kappa shape index (κ1) is 17.8. The summed E-state index contributed by atoms with van der Waals surface area (Å²) in [7, 11) is -2.45. The number of ketones is 1. The molecule has 0 saturated heterocycles. The Morgan fingerprint density at radius 2 is 1.75 bits per heavy atom. The third kappa shape index (κ3) is 4.24. The number of rotatable bonds is 6. The molecule has 0 heterocycles. The minimum absolute atomic E-state index is 0.0154. The fourth-order valence-corrected chi connectivity index (χ4v) is 2.64. The molecule has 0 aliphatic carbocycles. The maximum atomic E-state index is 13.1. The molecule has 0 bridgehead atoms. The molecule has 6 nitrogen and oxygen atoms in total. The Balaban J connectivity index is 2.08. The van der Waals surface area contributed by atoms with Crippen LogP contribution >= 0.6 is 0 Å². The number of hydrogen-bond acceptors (Lipinski definition) is 5. The number of ether oxygens (including phenoxy) is 1. The van der Waals surface area contributed by atoms with Gasteiger partial charge in [-0.05, 0) is 37.4 Å². The van der Waals surface area contributed by atoms with E-state index in [1.54, 1.807) is 0 Å². The molecule has 8 heteroatoms. The summed E-state index contributed by atoms with van der Waals surface area (Å²) < 4.78 is 43.5. The van der Waals surface area contributed by atoms with Gasteiger partial charge in [-0.25, -0.2) is 22.3 Å². The van der Waals surface area contributed by atoms with Crippen LogP contribution in [0, 0.1) is 5.82 Å². The van der Waals surface area contributed by atoms with E-state index in [0.29, 0.717) is 0 Å². The van der Waals surface area contributed by atoms with Crippen molar-refractivity contribution in [2.24, 2.45) is 0 Å². The molecular formula is C16H14FNO5S. The Kier molecular flexibility index (Phi) is 5.42. The van der Waals surface area contributed by atoms with Crippen LogP contribution in [-0.4, -0.2) is 33.8 Å². The monoisotopic (exact) mass is 351 g/mol. The second-order valence-corrected chi connectivity index (χ2v) is 6.63. The number of carbonyl (C=O) groups is 2. The number of hydrogen-bond donors (Lipinski definition) is 1. The highest BCUT2D eigenvalue weighted by Crippen LogP contribution is 2.12. The van der Waals surface area contributed by atoms with Crippen LogP contribution in [0.15, 0.2) is 53.4 Å². The average Bonchev–Trinajstić information content (AvgIpc) is 2.59. The summed E-state index contributed by atoms with van der Waals surface area (Å²) >= 11 is 0. The summed E-state index contributed by atoms with van der Waals surface area (Å²) in [6.07, 6.45) is 0. The summed E-state index contributed by atoms with van der Waals surface area (Å²) in [5.74, 6) is -1.99. The van der Waals surface area contributed by atoms with Gasteiger partial charge in [0.25, 0.3) is 0 Å². The van der Waals surface area contributed by atoms with Crippen molar-refractivity contribution in [3.05, 3.63) is 65.5 Å². The minimum Gasteiger partial charge on any atom is -0.454 e. The highest BCUT2D eigenvalue weighted by molar-refractivity contribution is 7.89. The van der Waals surface area contributed by atoms with E-state index in [9.17, 15) is 22.4 Å². The lowest BCUT2D eigenvalue weighted by Crippen LogP contribution is -2.19. The summed E-state index contributed by atoms with van der Waals surface area (Å²) in [6, 6.07) is 10.2. The highest BCUT2D eigenvalue weighted by atomic mass is 32.2. The first-order chi connectivity index (χ1) is 11.3. The molecule has 2 aromatic carbocycles. The molecule has 0 atom stereocenters. The number of halogens is 1. The predicted octanol–water partition coefficient (Wildman–Crippen LogP) is 1.77. The molecule has 0 radical (unpaired) electrons. The molecule has 0 amide bonds. The van der Waals surface area contributed by atoms with Gasteiger partial charge in [0.2, 0.25) is 10.0 Å². The Hall–Kier alpha value is -2.58. The number of benzene rings is 2. The fourth-order valence-electron chi connectivity index (χ4n) is 1.87. The van der Waals surface area contributed by atoms with Gasteiger partial charge in [-0.15, -0.1) is 0 Å². The summed E-state index contributed by atoms with van der Waals surface area (Å²) in [6.45, 7) is -0.578. The largest absolute Gasteiger partial charge is 0.454 e. The molecule has 0 aliphatic heterocycles. The Labute approximate surface area is 138 Å². The van der Waals surface area contributed by atoms with Crippen LogP contribution in [0.3, 0.4) is 0 Å². The zero-order valence-electron chi connectivity index (χ0n) is 12.7. The second kappa shape index (κ2) is 7.33. The van der Waals surface area contributed by atoms with Crippen LogP contribution in [0.1, 0.15) is 20.7 Å². The first-order valence-corrected chi connectivity index (χ1v) is 8.31. The van der Waals surface area contributed by atoms with Crippen molar-refractivity contribution in [3.8, 4) is 0 Å². The Morgan fingerprint density at radius 3 is 2.42 bits per heavy atom. The van der Waals surface area contributed by atoms with Crippen LogP contribution in [0.25, 0.3) is 0 Å². The van der Waals surface area contributed by atoms with Crippen LogP contribution in [0.5, 0.6) is 0 Å². The maximum absolute atomic E-state index is 13.1. The Bertz CT molecular complexity index is 880. The lowest BCUT2D eigenvalue weighted by atomic mass is 10.1. The van der Waals surface area contributed by atoms with E-state index in [4.69, 9.17) is 4.74 Å². The molecule has 1 N–H and O–H groups in total. The Morgan fingerprint density at radius 1 is 1.08 bits per heavy atom. The molecule has 0 aliphatic rings. The van der Waals surface area contributed by atoms with Crippen molar-refractivity contribution >= 4 is 21.8 Å². The van der Waals surface area contributed by atoms with Gasteiger partial charge in [-0.2, -0.15) is 0 Å². The van der Waals surface area contributed by atoms with Gasteiger partial charge in [0.1, 0.15) is 5.82 Å². The standard InChI is InChI=1S/C16H14FNO5S/c1-18-24(21,22)14-7-3-5-12(9-14)16(20)23-10-15(19)11-4-2-6-13(17)8-11/h2-9,18H,10H2,1H3. The van der Waals surface area contributed by atoms with Crippen molar-refractivity contribution in [2.45, 2.75) is 4.90 Å². The van der Waals surface area contributed by atoms with Crippen LogP contribution in [0.4, 0.5) is 4.39 Å². The normalized spacial score (nSPS) is 11.1.